The molecule has 0 saturated carbocycles. The summed E-state index contributed by atoms with van der Waals surface area (Å²) in [5.41, 5.74) is 1.88. The molecule has 3 N–H and O–H groups in total. The lowest BCUT2D eigenvalue weighted by molar-refractivity contribution is -0.143. The standard InChI is InChI=1S/C19H14Cl2F6N2O2/c20-13-2-1-3-14(21)12(13)8-15(17(28)31)29-16(30)6-9-4-10(18(22,23)24)7-11(5-9)19(25,26)27/h1-5,7,15H,6,8H2,(H2,28,31)(H,29,30)/t15-/m0/s1. The molecule has 1 atom stereocenters. The van der Waals surface area contributed by atoms with Gasteiger partial charge >= 0.3 is 12.4 Å². The van der Waals surface area contributed by atoms with E-state index in [2.05, 4.69) is 5.32 Å². The highest BCUT2D eigenvalue weighted by molar-refractivity contribution is 6.36. The molecule has 0 radical (unpaired) electrons. The van der Waals surface area contributed by atoms with Crippen molar-refractivity contribution in [2.24, 2.45) is 5.73 Å². The minimum absolute atomic E-state index is 0.0486. The fraction of sp³-hybridized carbons (Fsp3) is 0.263. The molecule has 0 unspecified atom stereocenters. The third-order valence-electron chi connectivity index (χ3n) is 4.16. The molecule has 168 valence electrons. The average Bonchev–Trinajstić information content (AvgIpc) is 2.62. The molecule has 0 aliphatic heterocycles. The first-order valence-corrected chi connectivity index (χ1v) is 9.24. The Kier molecular flexibility index (Phi) is 7.48. The maximum Gasteiger partial charge on any atom is 0.416 e. The third kappa shape index (κ3) is 6.76. The maximum absolute atomic E-state index is 13.0. The molecular formula is C19H14Cl2F6N2O2. The van der Waals surface area contributed by atoms with Gasteiger partial charge in [-0.05, 0) is 41.5 Å². The molecule has 0 bridgehead atoms. The van der Waals surface area contributed by atoms with Gasteiger partial charge in [-0.3, -0.25) is 9.59 Å². The molecule has 0 saturated heterocycles. The average molecular weight is 487 g/mol. The van der Waals surface area contributed by atoms with Gasteiger partial charge in [-0.25, -0.2) is 0 Å². The summed E-state index contributed by atoms with van der Waals surface area (Å²) in [7, 11) is 0. The van der Waals surface area contributed by atoms with Gasteiger partial charge in [-0.1, -0.05) is 29.3 Å². The predicted octanol–water partition coefficient (Wildman–Crippen LogP) is 4.79. The van der Waals surface area contributed by atoms with E-state index in [-0.39, 0.29) is 28.1 Å². The molecule has 0 spiro atoms. The van der Waals surface area contributed by atoms with E-state index in [1.165, 1.54) is 18.2 Å². The second-order valence-electron chi connectivity index (χ2n) is 6.52. The number of alkyl halides is 6. The summed E-state index contributed by atoms with van der Waals surface area (Å²) < 4.78 is 77.7. The van der Waals surface area contributed by atoms with Gasteiger partial charge in [0, 0.05) is 16.5 Å². The highest BCUT2D eigenvalue weighted by Gasteiger charge is 2.37. The lowest BCUT2D eigenvalue weighted by atomic mass is 10.0. The van der Waals surface area contributed by atoms with Gasteiger partial charge in [-0.2, -0.15) is 26.3 Å². The molecule has 2 aromatic rings. The largest absolute Gasteiger partial charge is 0.416 e. The summed E-state index contributed by atoms with van der Waals surface area (Å²) in [5.74, 6) is -2.01. The summed E-state index contributed by atoms with van der Waals surface area (Å²) in [6.07, 6.45) is -11.2. The maximum atomic E-state index is 13.0. The Morgan fingerprint density at radius 2 is 1.42 bits per heavy atom. The van der Waals surface area contributed by atoms with E-state index in [4.69, 9.17) is 28.9 Å². The van der Waals surface area contributed by atoms with Crippen molar-refractivity contribution in [3.63, 3.8) is 0 Å². The zero-order chi connectivity index (χ0) is 23.6. The number of hydrogen-bond donors (Lipinski definition) is 2. The third-order valence-corrected chi connectivity index (χ3v) is 4.87. The number of carbonyl (C=O) groups is 2. The van der Waals surface area contributed by atoms with Crippen molar-refractivity contribution < 1.29 is 35.9 Å². The molecule has 0 aliphatic carbocycles. The molecule has 12 heteroatoms. The van der Waals surface area contributed by atoms with Crippen molar-refractivity contribution in [1.29, 1.82) is 0 Å². The second kappa shape index (κ2) is 9.35. The van der Waals surface area contributed by atoms with Crippen LogP contribution in [0.1, 0.15) is 22.3 Å². The molecule has 0 heterocycles. The summed E-state index contributed by atoms with van der Waals surface area (Å²) in [6, 6.07) is 3.95. The first-order valence-electron chi connectivity index (χ1n) is 8.48. The molecule has 0 aliphatic rings. The van der Waals surface area contributed by atoms with Crippen LogP contribution in [0.5, 0.6) is 0 Å². The lowest BCUT2D eigenvalue weighted by Crippen LogP contribution is -2.46. The van der Waals surface area contributed by atoms with E-state index < -0.39 is 53.3 Å². The molecule has 4 nitrogen and oxygen atoms in total. The number of carbonyl (C=O) groups excluding carboxylic acids is 2. The van der Waals surface area contributed by atoms with E-state index in [1.54, 1.807) is 0 Å². The quantitative estimate of drug-likeness (QED) is 0.576. The molecule has 2 aromatic carbocycles. The monoisotopic (exact) mass is 486 g/mol. The van der Waals surface area contributed by atoms with Crippen molar-refractivity contribution >= 4 is 35.0 Å². The van der Waals surface area contributed by atoms with Crippen LogP contribution in [0.15, 0.2) is 36.4 Å². The second-order valence-corrected chi connectivity index (χ2v) is 7.33. The highest BCUT2D eigenvalue weighted by Crippen LogP contribution is 2.36. The molecule has 2 amide bonds. The fourth-order valence-electron chi connectivity index (χ4n) is 2.71. The smallest absolute Gasteiger partial charge is 0.368 e. The number of nitrogens with two attached hydrogens (primary N) is 1. The number of hydrogen-bond acceptors (Lipinski definition) is 2. The van der Waals surface area contributed by atoms with E-state index in [9.17, 15) is 35.9 Å². The zero-order valence-corrected chi connectivity index (χ0v) is 16.9. The highest BCUT2D eigenvalue weighted by atomic mass is 35.5. The van der Waals surface area contributed by atoms with E-state index >= 15 is 0 Å². The molecule has 0 aromatic heterocycles. The molecule has 31 heavy (non-hydrogen) atoms. The van der Waals surface area contributed by atoms with Gasteiger partial charge in [0.2, 0.25) is 11.8 Å². The van der Waals surface area contributed by atoms with E-state index in [0.717, 1.165) is 0 Å². The van der Waals surface area contributed by atoms with Crippen molar-refractivity contribution in [1.82, 2.24) is 5.32 Å². The Morgan fingerprint density at radius 1 is 0.935 bits per heavy atom. The van der Waals surface area contributed by atoms with Crippen LogP contribution in [-0.2, 0) is 34.8 Å². The normalized spacial score (nSPS) is 13.0. The Hall–Kier alpha value is -2.46. The number of halogens is 8. The fourth-order valence-corrected chi connectivity index (χ4v) is 3.26. The van der Waals surface area contributed by atoms with Crippen LogP contribution in [0.3, 0.4) is 0 Å². The SMILES string of the molecule is NC(=O)[C@H](Cc1c(Cl)cccc1Cl)NC(=O)Cc1cc(C(F)(F)F)cc(C(F)(F)F)c1. The topological polar surface area (TPSA) is 72.2 Å². The van der Waals surface area contributed by atoms with Crippen LogP contribution < -0.4 is 11.1 Å². The van der Waals surface area contributed by atoms with Gasteiger partial charge in [0.25, 0.3) is 0 Å². The van der Waals surface area contributed by atoms with Crippen LogP contribution in [0.4, 0.5) is 26.3 Å². The van der Waals surface area contributed by atoms with Crippen molar-refractivity contribution in [3.05, 3.63) is 68.7 Å². The number of rotatable bonds is 6. The minimum Gasteiger partial charge on any atom is -0.368 e. The first-order chi connectivity index (χ1) is 14.2. The van der Waals surface area contributed by atoms with Crippen molar-refractivity contribution in [3.8, 4) is 0 Å². The molecule has 0 fully saturated rings. The van der Waals surface area contributed by atoms with E-state index in [1.807, 2.05) is 0 Å². The summed E-state index contributed by atoms with van der Waals surface area (Å²) in [6.45, 7) is 0. The van der Waals surface area contributed by atoms with Gasteiger partial charge < -0.3 is 11.1 Å². The van der Waals surface area contributed by atoms with Crippen LogP contribution in [0.25, 0.3) is 0 Å². The number of primary amides is 1. The van der Waals surface area contributed by atoms with E-state index in [0.29, 0.717) is 12.1 Å². The zero-order valence-electron chi connectivity index (χ0n) is 15.4. The minimum atomic E-state index is -5.05. The van der Waals surface area contributed by atoms with Gasteiger partial charge in [-0.15, -0.1) is 0 Å². The Balaban J connectivity index is 2.26. The van der Waals surface area contributed by atoms with Crippen molar-refractivity contribution in [2.45, 2.75) is 31.2 Å². The van der Waals surface area contributed by atoms with Crippen LogP contribution in [-0.4, -0.2) is 17.9 Å². The summed E-state index contributed by atoms with van der Waals surface area (Å²) in [4.78, 5) is 24.0. The Morgan fingerprint density at radius 3 is 1.84 bits per heavy atom. The van der Waals surface area contributed by atoms with Crippen LogP contribution in [0.2, 0.25) is 10.0 Å². The number of benzene rings is 2. The van der Waals surface area contributed by atoms with Crippen LogP contribution in [0, 0.1) is 0 Å². The Bertz CT molecular complexity index is 940. The van der Waals surface area contributed by atoms with Gasteiger partial charge in [0.15, 0.2) is 0 Å². The number of amides is 2. The molecular weight excluding hydrogens is 473 g/mol. The van der Waals surface area contributed by atoms with Crippen molar-refractivity contribution in [2.75, 3.05) is 0 Å². The first kappa shape index (κ1) is 24.8. The predicted molar refractivity (Wildman–Crippen MR) is 101 cm³/mol. The lowest BCUT2D eigenvalue weighted by Gasteiger charge is -2.18. The Labute approximate surface area is 182 Å². The van der Waals surface area contributed by atoms with Gasteiger partial charge in [0.1, 0.15) is 6.04 Å². The number of nitrogens with one attached hydrogen (secondary N) is 1. The molecule has 2 rings (SSSR count). The summed E-state index contributed by atoms with van der Waals surface area (Å²) >= 11 is 12.0. The van der Waals surface area contributed by atoms with Gasteiger partial charge in [0.05, 0.1) is 17.5 Å². The summed E-state index contributed by atoms with van der Waals surface area (Å²) in [5, 5.41) is 2.55. The van der Waals surface area contributed by atoms with Crippen LogP contribution >= 0.6 is 23.2 Å².